The number of likely N-dealkylation sites (N-methyl/N-ethyl adjacent to an activating group) is 1. The summed E-state index contributed by atoms with van der Waals surface area (Å²) in [6.45, 7) is 1.52. The van der Waals surface area contributed by atoms with Crippen molar-refractivity contribution in [1.29, 1.82) is 0 Å². The van der Waals surface area contributed by atoms with Crippen LogP contribution in [0.4, 0.5) is 28.0 Å². The molecule has 0 saturated heterocycles. The summed E-state index contributed by atoms with van der Waals surface area (Å²) in [6.07, 6.45) is -4.82. The number of aryl methyl sites for hydroxylation is 1. The number of alkyl halides is 3. The third kappa shape index (κ3) is 7.38. The quantitative estimate of drug-likeness (QED) is 0.298. The molecule has 0 fully saturated rings. The summed E-state index contributed by atoms with van der Waals surface area (Å²) in [5, 5.41) is 5.30. The molecule has 1 unspecified atom stereocenters. The summed E-state index contributed by atoms with van der Waals surface area (Å²) in [5.41, 5.74) is 1.91. The van der Waals surface area contributed by atoms with Gasteiger partial charge in [-0.3, -0.25) is 15.1 Å². The highest BCUT2D eigenvalue weighted by molar-refractivity contribution is 5.87. The number of nitrogens with one attached hydrogen (secondary N) is 2. The lowest BCUT2D eigenvalue weighted by atomic mass is 9.91. The van der Waals surface area contributed by atoms with Gasteiger partial charge in [0.1, 0.15) is 24.5 Å². The third-order valence-corrected chi connectivity index (χ3v) is 5.40. The van der Waals surface area contributed by atoms with E-state index in [-0.39, 0.29) is 18.9 Å². The molecule has 3 rings (SSSR count). The van der Waals surface area contributed by atoms with E-state index in [0.717, 1.165) is 12.4 Å². The van der Waals surface area contributed by atoms with Gasteiger partial charge >= 0.3 is 12.5 Å². The second-order valence-corrected chi connectivity index (χ2v) is 7.99. The smallest absolute Gasteiger partial charge is 0.444 e. The Labute approximate surface area is 209 Å². The van der Waals surface area contributed by atoms with E-state index in [2.05, 4.69) is 15.0 Å². The van der Waals surface area contributed by atoms with Crippen LogP contribution < -0.4 is 15.4 Å². The Bertz CT molecular complexity index is 1310. The number of benzene rings is 2. The van der Waals surface area contributed by atoms with Crippen LogP contribution in [0.15, 0.2) is 42.5 Å². The van der Waals surface area contributed by atoms with Gasteiger partial charge in [0.05, 0.1) is 17.1 Å². The Morgan fingerprint density at radius 1 is 1.14 bits per heavy atom. The van der Waals surface area contributed by atoms with E-state index in [1.54, 1.807) is 31.2 Å². The molecule has 8 nitrogen and oxygen atoms in total. The number of rotatable bonds is 9. The Hall–Kier alpha value is -4.22. The van der Waals surface area contributed by atoms with E-state index >= 15 is 0 Å². The maximum atomic E-state index is 13.9. The lowest BCUT2D eigenvalue weighted by molar-refractivity contribution is -0.274. The zero-order valence-corrected chi connectivity index (χ0v) is 19.8. The number of anilines is 1. The lowest BCUT2D eigenvalue weighted by Gasteiger charge is -2.17. The molecule has 12 heteroatoms. The number of fused-ring (bicyclic) bond motifs is 1. The fourth-order valence-corrected chi connectivity index (χ4v) is 3.71. The van der Waals surface area contributed by atoms with Crippen molar-refractivity contribution < 1.29 is 41.4 Å². The van der Waals surface area contributed by atoms with Crippen LogP contribution in [0, 0.1) is 12.7 Å². The minimum Gasteiger partial charge on any atom is -0.444 e. The first-order valence-corrected chi connectivity index (χ1v) is 11.0. The Kier molecular flexibility index (Phi) is 8.64. The van der Waals surface area contributed by atoms with Gasteiger partial charge in [-0.1, -0.05) is 6.07 Å². The number of halogens is 4. The molecule has 1 atom stereocenters. The van der Waals surface area contributed by atoms with Crippen LogP contribution >= 0.6 is 0 Å². The largest absolute Gasteiger partial charge is 0.573 e. The SMILES string of the molecule is CNC(=O)C(CCC=O)c1cc2cc(COC(=O)Nc3cc(OC(F)(F)F)ccc3F)ccc2nc1C. The zero-order chi connectivity index (χ0) is 27.2. The van der Waals surface area contributed by atoms with Crippen LogP contribution in [0.2, 0.25) is 0 Å². The monoisotopic (exact) mass is 521 g/mol. The molecular weight excluding hydrogens is 498 g/mol. The van der Waals surface area contributed by atoms with Gasteiger partial charge in [0.25, 0.3) is 0 Å². The topological polar surface area (TPSA) is 107 Å². The van der Waals surface area contributed by atoms with E-state index in [0.29, 0.717) is 46.3 Å². The van der Waals surface area contributed by atoms with Crippen LogP contribution in [-0.4, -0.2) is 36.7 Å². The van der Waals surface area contributed by atoms with Crippen molar-refractivity contribution in [2.75, 3.05) is 12.4 Å². The maximum absolute atomic E-state index is 13.9. The average Bonchev–Trinajstić information content (AvgIpc) is 2.84. The number of hydrogen-bond donors (Lipinski definition) is 2. The molecule has 1 aromatic heterocycles. The summed E-state index contributed by atoms with van der Waals surface area (Å²) in [4.78, 5) is 39.9. The van der Waals surface area contributed by atoms with Gasteiger partial charge in [-0.15, -0.1) is 13.2 Å². The minimum absolute atomic E-state index is 0.199. The fraction of sp³-hybridized carbons (Fsp3) is 0.280. The second kappa shape index (κ2) is 11.7. The zero-order valence-electron chi connectivity index (χ0n) is 19.8. The molecule has 2 amide bonds. The number of hydrogen-bond acceptors (Lipinski definition) is 6. The van der Waals surface area contributed by atoms with Crippen LogP contribution in [0.5, 0.6) is 5.75 Å². The van der Waals surface area contributed by atoms with Crippen LogP contribution in [0.1, 0.15) is 35.6 Å². The molecular formula is C25H23F4N3O5. The number of amides is 2. The Morgan fingerprint density at radius 2 is 1.89 bits per heavy atom. The molecule has 3 aromatic rings. The molecule has 0 bridgehead atoms. The third-order valence-electron chi connectivity index (χ3n) is 5.40. The number of nitrogens with zero attached hydrogens (tertiary/aromatic N) is 1. The molecule has 37 heavy (non-hydrogen) atoms. The number of carbonyl (C=O) groups is 3. The molecule has 0 spiro atoms. The van der Waals surface area contributed by atoms with Crippen molar-refractivity contribution >= 4 is 34.9 Å². The molecule has 0 aliphatic heterocycles. The predicted molar refractivity (Wildman–Crippen MR) is 125 cm³/mol. The van der Waals surface area contributed by atoms with Gasteiger partial charge < -0.3 is 19.6 Å². The van der Waals surface area contributed by atoms with Crippen LogP contribution in [-0.2, 0) is 20.9 Å². The molecule has 0 aliphatic rings. The molecule has 2 N–H and O–H groups in total. The first kappa shape index (κ1) is 27.4. The van der Waals surface area contributed by atoms with E-state index in [4.69, 9.17) is 4.74 Å². The van der Waals surface area contributed by atoms with E-state index in [9.17, 15) is 31.9 Å². The van der Waals surface area contributed by atoms with Crippen molar-refractivity contribution in [2.45, 2.75) is 38.7 Å². The van der Waals surface area contributed by atoms with Crippen LogP contribution in [0.25, 0.3) is 10.9 Å². The molecule has 1 heterocycles. The minimum atomic E-state index is -4.98. The van der Waals surface area contributed by atoms with Crippen molar-refractivity contribution in [2.24, 2.45) is 0 Å². The predicted octanol–water partition coefficient (Wildman–Crippen LogP) is 5.14. The van der Waals surface area contributed by atoms with Crippen molar-refractivity contribution in [1.82, 2.24) is 10.3 Å². The molecule has 0 radical (unpaired) electrons. The second-order valence-electron chi connectivity index (χ2n) is 7.99. The number of pyridine rings is 1. The molecule has 0 saturated carbocycles. The normalized spacial score (nSPS) is 12.1. The van der Waals surface area contributed by atoms with E-state index < -0.39 is 35.6 Å². The number of aromatic nitrogens is 1. The highest BCUT2D eigenvalue weighted by Crippen LogP contribution is 2.29. The van der Waals surface area contributed by atoms with E-state index in [1.165, 1.54) is 7.05 Å². The number of aldehydes is 1. The van der Waals surface area contributed by atoms with Gasteiger partial charge in [-0.05, 0) is 54.8 Å². The standard InChI is InChI=1S/C25H23F4N3O5/c1-14-19(18(4-3-9-33)23(34)30-2)11-16-10-15(5-8-21(16)31-14)13-36-24(35)32-22-12-17(6-7-20(22)26)37-25(27,28)29/h5-12,18H,3-4,13H2,1-2H3,(H,30,34)(H,32,35). The van der Waals surface area contributed by atoms with Crippen molar-refractivity contribution in [3.05, 3.63) is 65.1 Å². The van der Waals surface area contributed by atoms with E-state index in [1.807, 2.05) is 5.32 Å². The summed E-state index contributed by atoms with van der Waals surface area (Å²) in [6, 6.07) is 9.00. The molecule has 2 aromatic carbocycles. The van der Waals surface area contributed by atoms with Gasteiger partial charge in [0, 0.05) is 30.6 Å². The number of ether oxygens (including phenoxy) is 2. The molecule has 0 aliphatic carbocycles. The van der Waals surface area contributed by atoms with Crippen LogP contribution in [0.3, 0.4) is 0 Å². The van der Waals surface area contributed by atoms with Gasteiger partial charge in [-0.2, -0.15) is 0 Å². The fourth-order valence-electron chi connectivity index (χ4n) is 3.71. The Balaban J connectivity index is 1.75. The van der Waals surface area contributed by atoms with Crippen molar-refractivity contribution in [3.8, 4) is 5.75 Å². The number of carbonyl (C=O) groups excluding carboxylic acids is 3. The van der Waals surface area contributed by atoms with Gasteiger partial charge in [-0.25, -0.2) is 9.18 Å². The summed E-state index contributed by atoms with van der Waals surface area (Å²) in [7, 11) is 1.51. The summed E-state index contributed by atoms with van der Waals surface area (Å²) in [5.74, 6) is -2.52. The average molecular weight is 521 g/mol. The first-order chi connectivity index (χ1) is 17.5. The highest BCUT2D eigenvalue weighted by Gasteiger charge is 2.31. The van der Waals surface area contributed by atoms with Gasteiger partial charge in [0.2, 0.25) is 5.91 Å². The first-order valence-electron chi connectivity index (χ1n) is 11.0. The Morgan fingerprint density at radius 3 is 2.57 bits per heavy atom. The lowest BCUT2D eigenvalue weighted by Crippen LogP contribution is -2.26. The maximum Gasteiger partial charge on any atom is 0.573 e. The summed E-state index contributed by atoms with van der Waals surface area (Å²) >= 11 is 0. The molecule has 196 valence electrons. The summed E-state index contributed by atoms with van der Waals surface area (Å²) < 4.78 is 59.9. The highest BCUT2D eigenvalue weighted by atomic mass is 19.4. The van der Waals surface area contributed by atoms with Gasteiger partial charge in [0.15, 0.2) is 0 Å². The van der Waals surface area contributed by atoms with Crippen molar-refractivity contribution in [3.63, 3.8) is 0 Å².